The van der Waals surface area contributed by atoms with Crippen LogP contribution >= 0.6 is 0 Å². The lowest BCUT2D eigenvalue weighted by Crippen LogP contribution is -1.96. The minimum atomic E-state index is 1.13. The van der Waals surface area contributed by atoms with Crippen molar-refractivity contribution in [1.82, 2.24) is 0 Å². The Morgan fingerprint density at radius 1 is 0.0870 bits per heavy atom. The fourth-order valence-corrected chi connectivity index (χ4v) is 12.7. The summed E-state index contributed by atoms with van der Waals surface area (Å²) in [5.74, 6) is 2.26. The number of fused-ring (bicyclic) bond motifs is 2. The summed E-state index contributed by atoms with van der Waals surface area (Å²) in [5.41, 5.74) is 0. The quantitative estimate of drug-likeness (QED) is 0.227. The van der Waals surface area contributed by atoms with Gasteiger partial charge in [-0.05, 0) is 18.3 Å². The molecule has 5 aliphatic rings. The highest BCUT2D eigenvalue weighted by Crippen LogP contribution is 2.37. The molecule has 0 nitrogen and oxygen atoms in total. The summed E-state index contributed by atoms with van der Waals surface area (Å²) in [6.07, 6.45) is 101. The molecule has 0 aromatic rings. The molecule has 0 N–H and O–H groups in total. The van der Waals surface area contributed by atoms with Gasteiger partial charge < -0.3 is 0 Å². The van der Waals surface area contributed by atoms with E-state index in [9.17, 15) is 0 Å². The Labute approximate surface area is 440 Å². The van der Waals surface area contributed by atoms with E-state index in [4.69, 9.17) is 0 Å². The van der Waals surface area contributed by atoms with Crippen molar-refractivity contribution in [2.45, 2.75) is 430 Å². The smallest absolute Gasteiger partial charge is 0.0412 e. The van der Waals surface area contributed by atoms with E-state index < -0.39 is 0 Å². The lowest BCUT2D eigenvalue weighted by molar-refractivity contribution is 0.432. The van der Waals surface area contributed by atoms with Crippen LogP contribution in [-0.2, 0) is 0 Å². The average Bonchev–Trinajstić information content (AvgIpc) is 3.78. The van der Waals surface area contributed by atoms with Gasteiger partial charge in [-0.1, -0.05) is 424 Å². The average molecular weight is 966 g/mol. The predicted molar refractivity (Wildman–Crippen MR) is 316 cm³/mol. The normalized spacial score (nSPS) is 26.4. The summed E-state index contributed by atoms with van der Waals surface area (Å²) in [7, 11) is 0. The Morgan fingerprint density at radius 2 is 0.174 bits per heavy atom. The van der Waals surface area contributed by atoms with E-state index >= 15 is 0 Å². The predicted octanol–water partition coefficient (Wildman–Crippen LogP) is 26.4. The van der Waals surface area contributed by atoms with Crippen molar-refractivity contribution in [3.63, 3.8) is 0 Å². The monoisotopic (exact) mass is 965 g/mol. The van der Waals surface area contributed by atoms with Crippen LogP contribution in [0.25, 0.3) is 0 Å². The molecule has 0 aromatic carbocycles. The first-order chi connectivity index (χ1) is 34.4. The van der Waals surface area contributed by atoms with Crippen LogP contribution < -0.4 is 0 Å². The van der Waals surface area contributed by atoms with Gasteiger partial charge in [-0.15, -0.1) is 0 Å². The van der Waals surface area contributed by atoms with Crippen LogP contribution in [0.15, 0.2) is 0 Å². The van der Waals surface area contributed by atoms with Crippen molar-refractivity contribution in [2.24, 2.45) is 11.8 Å². The van der Waals surface area contributed by atoms with Gasteiger partial charge in [-0.3, -0.25) is 0 Å². The maximum atomic E-state index is 1.58. The van der Waals surface area contributed by atoms with E-state index in [1.54, 1.807) is 32.1 Å². The van der Waals surface area contributed by atoms with Gasteiger partial charge in [0.2, 0.25) is 0 Å². The zero-order chi connectivity index (χ0) is 48.5. The van der Waals surface area contributed by atoms with Gasteiger partial charge in [0.05, 0.1) is 0 Å². The summed E-state index contributed by atoms with van der Waals surface area (Å²) in [6.45, 7) is 0. The lowest BCUT2D eigenvalue weighted by Gasteiger charge is -2.09. The minimum absolute atomic E-state index is 1.13. The molecular weight excluding hydrogens is 829 g/mol. The summed E-state index contributed by atoms with van der Waals surface area (Å²) in [5, 5.41) is 0. The first kappa shape index (κ1) is 65.1. The lowest BCUT2D eigenvalue weighted by atomic mass is 9.97. The summed E-state index contributed by atoms with van der Waals surface area (Å²) >= 11 is 0. The zero-order valence-electron chi connectivity index (χ0n) is 48.5. The van der Waals surface area contributed by atoms with Crippen LogP contribution in [0, 0.1) is 11.8 Å². The van der Waals surface area contributed by atoms with E-state index in [2.05, 4.69) is 0 Å². The standard InChI is InChI=1S/C30H60.C22H44.C13H24.C4H8/c1-2-4-6-8-10-12-14-16-18-20-22-24-26-28-30-29-27-25-23-21-19-17-15-13-11-9-7-5-3-1;1-2-4-6-8-10-12-14-16-18-20-22-21-19-17-15-13-11-9-7-5-3-1;1-2-4-6-8-13-10-9-12(11-13)7-5-3-1;1-2-4-3-1/h1-30H2;1-22H2;12-13H,1-11H2;1-4H2. The maximum Gasteiger partial charge on any atom is -0.0412 e. The maximum absolute atomic E-state index is 1.58. The molecule has 0 heteroatoms. The largest absolute Gasteiger partial charge is 0.0533 e. The van der Waals surface area contributed by atoms with Crippen LogP contribution in [-0.4, -0.2) is 0 Å². The van der Waals surface area contributed by atoms with E-state index in [1.165, 1.54) is 398 Å². The van der Waals surface area contributed by atoms with E-state index in [0.717, 1.165) is 11.8 Å². The minimum Gasteiger partial charge on any atom is -0.0533 e. The molecule has 0 amide bonds. The fraction of sp³-hybridized carbons (Fsp3) is 1.00. The molecule has 2 atom stereocenters. The van der Waals surface area contributed by atoms with Crippen molar-refractivity contribution >= 4 is 0 Å². The first-order valence-electron chi connectivity index (χ1n) is 34.4. The SMILES string of the molecule is C1CCC1.C1CCCCC2CCC(CCC1)C2.C1CCCCCCCCCCCCCCCCCCCCC1.C1CCCCCCCCCCCCCCCCCCCCCCCCCCCCC1. The summed E-state index contributed by atoms with van der Waals surface area (Å²) in [4.78, 5) is 0. The highest BCUT2D eigenvalue weighted by molar-refractivity contribution is 4.76. The molecule has 0 radical (unpaired) electrons. The Hall–Kier alpha value is 0. The third-order valence-corrected chi connectivity index (χ3v) is 18.1. The first-order valence-corrected chi connectivity index (χ1v) is 34.4. The number of hydrogen-bond donors (Lipinski definition) is 0. The van der Waals surface area contributed by atoms with Crippen molar-refractivity contribution < 1.29 is 0 Å². The molecule has 69 heavy (non-hydrogen) atoms. The Bertz CT molecular complexity index is 634. The molecule has 0 spiro atoms. The second-order valence-electron chi connectivity index (χ2n) is 25.0. The van der Waals surface area contributed by atoms with Crippen molar-refractivity contribution in [3.8, 4) is 0 Å². The van der Waals surface area contributed by atoms with Crippen molar-refractivity contribution in [1.29, 1.82) is 0 Å². The third kappa shape index (κ3) is 51.3. The topological polar surface area (TPSA) is 0 Å². The molecule has 5 fully saturated rings. The van der Waals surface area contributed by atoms with Gasteiger partial charge in [0.1, 0.15) is 0 Å². The Balaban J connectivity index is 0.000000361. The van der Waals surface area contributed by atoms with Crippen molar-refractivity contribution in [2.75, 3.05) is 0 Å². The third-order valence-electron chi connectivity index (χ3n) is 18.1. The molecule has 0 saturated heterocycles. The van der Waals surface area contributed by atoms with E-state index in [0.29, 0.717) is 0 Å². The molecule has 0 aliphatic heterocycles. The molecule has 0 heterocycles. The zero-order valence-corrected chi connectivity index (χ0v) is 48.5. The van der Waals surface area contributed by atoms with Gasteiger partial charge in [0, 0.05) is 0 Å². The van der Waals surface area contributed by atoms with Gasteiger partial charge in [0.25, 0.3) is 0 Å². The molecule has 5 aliphatic carbocycles. The molecular formula is C69H136. The fourth-order valence-electron chi connectivity index (χ4n) is 12.7. The molecule has 5 saturated carbocycles. The second kappa shape index (κ2) is 57.3. The Kier molecular flexibility index (Phi) is 54.1. The van der Waals surface area contributed by atoms with Gasteiger partial charge in [-0.2, -0.15) is 0 Å². The molecule has 412 valence electrons. The van der Waals surface area contributed by atoms with Crippen LogP contribution in [0.3, 0.4) is 0 Å². The van der Waals surface area contributed by atoms with Gasteiger partial charge >= 0.3 is 0 Å². The van der Waals surface area contributed by atoms with Crippen LogP contribution in [0.4, 0.5) is 0 Å². The molecule has 2 unspecified atom stereocenters. The van der Waals surface area contributed by atoms with Crippen LogP contribution in [0.2, 0.25) is 0 Å². The van der Waals surface area contributed by atoms with Crippen LogP contribution in [0.5, 0.6) is 0 Å². The summed E-state index contributed by atoms with van der Waals surface area (Å²) < 4.78 is 0. The van der Waals surface area contributed by atoms with E-state index in [-0.39, 0.29) is 0 Å². The molecule has 0 aromatic heterocycles. The van der Waals surface area contributed by atoms with Gasteiger partial charge in [-0.25, -0.2) is 0 Å². The highest BCUT2D eigenvalue weighted by atomic mass is 14.3. The number of rotatable bonds is 0. The molecule has 2 bridgehead atoms. The van der Waals surface area contributed by atoms with E-state index in [1.807, 2.05) is 0 Å². The number of hydrogen-bond acceptors (Lipinski definition) is 0. The van der Waals surface area contributed by atoms with Gasteiger partial charge in [0.15, 0.2) is 0 Å². The molecule has 5 rings (SSSR count). The Morgan fingerprint density at radius 3 is 0.275 bits per heavy atom. The van der Waals surface area contributed by atoms with Crippen LogP contribution in [0.1, 0.15) is 430 Å². The second-order valence-corrected chi connectivity index (χ2v) is 25.0. The summed E-state index contributed by atoms with van der Waals surface area (Å²) in [6, 6.07) is 0. The highest BCUT2D eigenvalue weighted by Gasteiger charge is 2.24. The van der Waals surface area contributed by atoms with Crippen molar-refractivity contribution in [3.05, 3.63) is 0 Å².